The zero-order valence-corrected chi connectivity index (χ0v) is 13.0. The van der Waals surface area contributed by atoms with Gasteiger partial charge < -0.3 is 10.6 Å². The SMILES string of the molecule is CCNc1cc(Nc2ccc(C)c(Cl)c2)nc(C2CC2)n1. The normalized spacial score (nSPS) is 14.0. The summed E-state index contributed by atoms with van der Waals surface area (Å²) in [6.45, 7) is 4.90. The van der Waals surface area contributed by atoms with Crippen molar-refractivity contribution in [3.8, 4) is 0 Å². The van der Waals surface area contributed by atoms with Gasteiger partial charge in [0.1, 0.15) is 17.5 Å². The maximum absolute atomic E-state index is 6.17. The van der Waals surface area contributed by atoms with Crippen molar-refractivity contribution in [2.24, 2.45) is 0 Å². The van der Waals surface area contributed by atoms with Crippen molar-refractivity contribution in [2.75, 3.05) is 17.2 Å². The van der Waals surface area contributed by atoms with E-state index in [1.807, 2.05) is 31.2 Å². The van der Waals surface area contributed by atoms with Crippen LogP contribution in [0.15, 0.2) is 24.3 Å². The van der Waals surface area contributed by atoms with Crippen LogP contribution in [0.4, 0.5) is 17.3 Å². The number of halogens is 1. The first-order valence-electron chi connectivity index (χ1n) is 7.31. The Labute approximate surface area is 130 Å². The second-order valence-electron chi connectivity index (χ2n) is 5.39. The molecule has 110 valence electrons. The number of nitrogens with one attached hydrogen (secondary N) is 2. The van der Waals surface area contributed by atoms with E-state index in [0.717, 1.165) is 40.3 Å². The molecule has 2 aromatic rings. The molecule has 0 amide bonds. The Bertz CT molecular complexity index is 653. The summed E-state index contributed by atoms with van der Waals surface area (Å²) in [4.78, 5) is 9.19. The fourth-order valence-corrected chi connectivity index (χ4v) is 2.32. The summed E-state index contributed by atoms with van der Waals surface area (Å²) in [5, 5.41) is 7.33. The van der Waals surface area contributed by atoms with Gasteiger partial charge in [-0.05, 0) is 44.4 Å². The summed E-state index contributed by atoms with van der Waals surface area (Å²) in [7, 11) is 0. The molecule has 0 aliphatic heterocycles. The van der Waals surface area contributed by atoms with Crippen molar-refractivity contribution in [3.63, 3.8) is 0 Å². The Balaban J connectivity index is 1.87. The summed E-state index contributed by atoms with van der Waals surface area (Å²) < 4.78 is 0. The van der Waals surface area contributed by atoms with Crippen molar-refractivity contribution >= 4 is 28.9 Å². The van der Waals surface area contributed by atoms with Gasteiger partial charge in [-0.2, -0.15) is 0 Å². The van der Waals surface area contributed by atoms with Crippen LogP contribution in [0.1, 0.15) is 37.1 Å². The highest BCUT2D eigenvalue weighted by Gasteiger charge is 2.27. The third-order valence-electron chi connectivity index (χ3n) is 3.49. The predicted octanol–water partition coefficient (Wildman–Crippen LogP) is 4.49. The predicted molar refractivity (Wildman–Crippen MR) is 87.6 cm³/mol. The molecule has 0 radical (unpaired) electrons. The Morgan fingerprint density at radius 3 is 2.62 bits per heavy atom. The van der Waals surface area contributed by atoms with Crippen LogP contribution < -0.4 is 10.6 Å². The van der Waals surface area contributed by atoms with E-state index in [0.29, 0.717) is 5.92 Å². The van der Waals surface area contributed by atoms with E-state index in [1.165, 1.54) is 12.8 Å². The third kappa shape index (κ3) is 3.45. The highest BCUT2D eigenvalue weighted by molar-refractivity contribution is 6.31. The number of benzene rings is 1. The van der Waals surface area contributed by atoms with Gasteiger partial charge in [0.15, 0.2) is 0 Å². The molecule has 1 aliphatic rings. The molecule has 1 aromatic carbocycles. The van der Waals surface area contributed by atoms with Crippen LogP contribution >= 0.6 is 11.6 Å². The molecule has 5 heteroatoms. The molecule has 0 unspecified atom stereocenters. The number of aromatic nitrogens is 2. The summed E-state index contributed by atoms with van der Waals surface area (Å²) in [6.07, 6.45) is 2.37. The maximum atomic E-state index is 6.17. The standard InChI is InChI=1S/C16H19ClN4/c1-3-18-14-9-15(21-16(20-14)11-5-6-11)19-12-7-4-10(2)13(17)8-12/h4,7-9,11H,3,5-6H2,1-2H3,(H2,18,19,20,21). The molecule has 1 fully saturated rings. The fraction of sp³-hybridized carbons (Fsp3) is 0.375. The lowest BCUT2D eigenvalue weighted by Gasteiger charge is -2.11. The molecule has 0 spiro atoms. The van der Waals surface area contributed by atoms with Crippen LogP contribution in [0, 0.1) is 6.92 Å². The lowest BCUT2D eigenvalue weighted by molar-refractivity contribution is 0.927. The highest BCUT2D eigenvalue weighted by atomic mass is 35.5. The number of anilines is 3. The van der Waals surface area contributed by atoms with Gasteiger partial charge in [0.25, 0.3) is 0 Å². The smallest absolute Gasteiger partial charge is 0.136 e. The third-order valence-corrected chi connectivity index (χ3v) is 3.90. The Morgan fingerprint density at radius 1 is 1.19 bits per heavy atom. The molecule has 1 saturated carbocycles. The van der Waals surface area contributed by atoms with Crippen LogP contribution in [0.3, 0.4) is 0 Å². The first-order chi connectivity index (χ1) is 10.2. The second kappa shape index (κ2) is 5.90. The highest BCUT2D eigenvalue weighted by Crippen LogP contribution is 2.39. The van der Waals surface area contributed by atoms with Gasteiger partial charge in [0.2, 0.25) is 0 Å². The van der Waals surface area contributed by atoms with Crippen molar-refractivity contribution < 1.29 is 0 Å². The van der Waals surface area contributed by atoms with Gasteiger partial charge in [-0.15, -0.1) is 0 Å². The molecule has 3 rings (SSSR count). The van der Waals surface area contributed by atoms with E-state index in [-0.39, 0.29) is 0 Å². The summed E-state index contributed by atoms with van der Waals surface area (Å²) in [6, 6.07) is 7.86. The van der Waals surface area contributed by atoms with E-state index in [4.69, 9.17) is 11.6 Å². The van der Waals surface area contributed by atoms with Crippen molar-refractivity contribution in [1.29, 1.82) is 0 Å². The van der Waals surface area contributed by atoms with Crippen LogP contribution in [-0.2, 0) is 0 Å². The largest absolute Gasteiger partial charge is 0.370 e. The number of rotatable bonds is 5. The van der Waals surface area contributed by atoms with Crippen molar-refractivity contribution in [3.05, 3.63) is 40.7 Å². The van der Waals surface area contributed by atoms with Crippen LogP contribution in [0.2, 0.25) is 5.02 Å². The molecule has 0 bridgehead atoms. The minimum atomic E-state index is 0.519. The quantitative estimate of drug-likeness (QED) is 0.854. The monoisotopic (exact) mass is 302 g/mol. The summed E-state index contributed by atoms with van der Waals surface area (Å²) >= 11 is 6.17. The fourth-order valence-electron chi connectivity index (χ4n) is 2.14. The Kier molecular flexibility index (Phi) is 3.97. The number of nitrogens with zero attached hydrogens (tertiary/aromatic N) is 2. The van der Waals surface area contributed by atoms with Crippen LogP contribution in [0.25, 0.3) is 0 Å². The van der Waals surface area contributed by atoms with Gasteiger partial charge in [-0.1, -0.05) is 17.7 Å². The lowest BCUT2D eigenvalue weighted by Crippen LogP contribution is -2.05. The minimum absolute atomic E-state index is 0.519. The van der Waals surface area contributed by atoms with E-state index in [2.05, 4.69) is 27.5 Å². The van der Waals surface area contributed by atoms with Crippen LogP contribution in [-0.4, -0.2) is 16.5 Å². The molecule has 2 N–H and O–H groups in total. The first-order valence-corrected chi connectivity index (χ1v) is 7.69. The van der Waals surface area contributed by atoms with Gasteiger partial charge in [0.05, 0.1) is 0 Å². The van der Waals surface area contributed by atoms with Crippen molar-refractivity contribution in [2.45, 2.75) is 32.6 Å². The average Bonchev–Trinajstić information content (AvgIpc) is 3.28. The molecular weight excluding hydrogens is 284 g/mol. The molecule has 0 saturated heterocycles. The number of hydrogen-bond acceptors (Lipinski definition) is 4. The molecule has 4 nitrogen and oxygen atoms in total. The zero-order chi connectivity index (χ0) is 14.8. The van der Waals surface area contributed by atoms with Gasteiger partial charge in [-0.25, -0.2) is 9.97 Å². The molecule has 0 atom stereocenters. The van der Waals surface area contributed by atoms with Crippen LogP contribution in [0.5, 0.6) is 0 Å². The van der Waals surface area contributed by atoms with Crippen molar-refractivity contribution in [1.82, 2.24) is 9.97 Å². The second-order valence-corrected chi connectivity index (χ2v) is 5.80. The first kappa shape index (κ1) is 14.1. The lowest BCUT2D eigenvalue weighted by atomic mass is 10.2. The molecular formula is C16H19ClN4. The maximum Gasteiger partial charge on any atom is 0.136 e. The van der Waals surface area contributed by atoms with E-state index in [1.54, 1.807) is 0 Å². The van der Waals surface area contributed by atoms with Gasteiger partial charge >= 0.3 is 0 Å². The van der Waals surface area contributed by atoms with E-state index < -0.39 is 0 Å². The Morgan fingerprint density at radius 2 is 1.95 bits per heavy atom. The average molecular weight is 303 g/mol. The zero-order valence-electron chi connectivity index (χ0n) is 12.3. The minimum Gasteiger partial charge on any atom is -0.370 e. The van der Waals surface area contributed by atoms with E-state index in [9.17, 15) is 0 Å². The molecule has 1 heterocycles. The Hall–Kier alpha value is -1.81. The summed E-state index contributed by atoms with van der Waals surface area (Å²) in [5.41, 5.74) is 2.01. The topological polar surface area (TPSA) is 49.8 Å². The number of hydrogen-bond donors (Lipinski definition) is 2. The molecule has 1 aliphatic carbocycles. The molecule has 1 aromatic heterocycles. The van der Waals surface area contributed by atoms with E-state index >= 15 is 0 Å². The number of aryl methyl sites for hydroxylation is 1. The van der Waals surface area contributed by atoms with Gasteiger partial charge in [0, 0.05) is 29.2 Å². The molecule has 21 heavy (non-hydrogen) atoms. The van der Waals surface area contributed by atoms with Gasteiger partial charge in [-0.3, -0.25) is 0 Å². The summed E-state index contributed by atoms with van der Waals surface area (Å²) in [5.74, 6) is 3.12.